The number of amides is 2. The highest BCUT2D eigenvalue weighted by molar-refractivity contribution is 5.96. The molecule has 0 aromatic heterocycles. The standard InChI is InChI=1S/C19H20N2O6/c1-11-4-5-12(19(26)27)9-16(11)21-17(24)3-2-6-20-18(25)13-7-14(22)10-15(23)8-13/h4-5,7-10,22-23H,2-3,6H2,1H3,(H,20,25)(H,21,24)(H,26,27). The van der Waals surface area contributed by atoms with Crippen molar-refractivity contribution in [2.75, 3.05) is 11.9 Å². The highest BCUT2D eigenvalue weighted by atomic mass is 16.4. The second-order valence-corrected chi connectivity index (χ2v) is 5.98. The zero-order chi connectivity index (χ0) is 20.0. The van der Waals surface area contributed by atoms with Crippen LogP contribution in [0.3, 0.4) is 0 Å². The molecule has 0 aliphatic rings. The van der Waals surface area contributed by atoms with Crippen LogP contribution in [0.5, 0.6) is 11.5 Å². The van der Waals surface area contributed by atoms with Gasteiger partial charge in [-0.15, -0.1) is 0 Å². The summed E-state index contributed by atoms with van der Waals surface area (Å²) in [5.74, 6) is -2.31. The zero-order valence-corrected chi connectivity index (χ0v) is 14.7. The normalized spacial score (nSPS) is 10.3. The van der Waals surface area contributed by atoms with Crippen molar-refractivity contribution in [3.63, 3.8) is 0 Å². The lowest BCUT2D eigenvalue weighted by molar-refractivity contribution is -0.116. The summed E-state index contributed by atoms with van der Waals surface area (Å²) in [6.07, 6.45) is 0.488. The van der Waals surface area contributed by atoms with Crippen LogP contribution in [0.15, 0.2) is 36.4 Å². The average Bonchev–Trinajstić information content (AvgIpc) is 2.59. The minimum absolute atomic E-state index is 0.0810. The van der Waals surface area contributed by atoms with Crippen LogP contribution >= 0.6 is 0 Å². The molecule has 2 aromatic rings. The lowest BCUT2D eigenvalue weighted by Gasteiger charge is -2.10. The molecule has 5 N–H and O–H groups in total. The van der Waals surface area contributed by atoms with E-state index < -0.39 is 11.9 Å². The number of aryl methyl sites for hydroxylation is 1. The quantitative estimate of drug-likeness (QED) is 0.473. The molecule has 0 unspecified atom stereocenters. The number of anilines is 1. The Kier molecular flexibility index (Phi) is 6.37. The van der Waals surface area contributed by atoms with Crippen LogP contribution in [-0.4, -0.2) is 39.6 Å². The number of benzene rings is 2. The third-order valence-corrected chi connectivity index (χ3v) is 3.79. The van der Waals surface area contributed by atoms with Gasteiger partial charge in [0.05, 0.1) is 5.56 Å². The Labute approximate surface area is 155 Å². The summed E-state index contributed by atoms with van der Waals surface area (Å²) in [5, 5.41) is 33.0. The van der Waals surface area contributed by atoms with E-state index in [-0.39, 0.29) is 41.5 Å². The predicted molar refractivity (Wildman–Crippen MR) is 98.1 cm³/mol. The number of hydrogen-bond donors (Lipinski definition) is 5. The van der Waals surface area contributed by atoms with Gasteiger partial charge in [-0.25, -0.2) is 4.79 Å². The van der Waals surface area contributed by atoms with Crippen LogP contribution < -0.4 is 10.6 Å². The number of aromatic hydroxyl groups is 2. The monoisotopic (exact) mass is 372 g/mol. The Bertz CT molecular complexity index is 858. The maximum atomic E-state index is 12.0. The second-order valence-electron chi connectivity index (χ2n) is 5.98. The van der Waals surface area contributed by atoms with Gasteiger partial charge >= 0.3 is 5.97 Å². The molecule has 0 atom stereocenters. The van der Waals surface area contributed by atoms with E-state index in [2.05, 4.69) is 10.6 Å². The van der Waals surface area contributed by atoms with Crippen LogP contribution in [0.2, 0.25) is 0 Å². The number of nitrogens with one attached hydrogen (secondary N) is 2. The van der Waals surface area contributed by atoms with Crippen molar-refractivity contribution >= 4 is 23.5 Å². The molecule has 8 heteroatoms. The molecule has 0 saturated heterocycles. The van der Waals surface area contributed by atoms with E-state index in [4.69, 9.17) is 5.11 Å². The summed E-state index contributed by atoms with van der Waals surface area (Å²) in [4.78, 5) is 35.0. The third kappa shape index (κ3) is 5.74. The Hall–Kier alpha value is -3.55. The predicted octanol–water partition coefficient (Wildman–Crippen LogP) is 2.25. The van der Waals surface area contributed by atoms with Crippen LogP contribution in [0.4, 0.5) is 5.69 Å². The molecule has 0 aliphatic carbocycles. The number of phenolic OH excluding ortho intramolecular Hbond substituents is 2. The molecule has 27 heavy (non-hydrogen) atoms. The number of carbonyl (C=O) groups excluding carboxylic acids is 2. The number of hydrogen-bond acceptors (Lipinski definition) is 5. The van der Waals surface area contributed by atoms with Gasteiger partial charge in [0.1, 0.15) is 11.5 Å². The Balaban J connectivity index is 1.82. The van der Waals surface area contributed by atoms with E-state index in [1.807, 2.05) is 0 Å². The number of carboxylic acids is 1. The number of rotatable bonds is 7. The molecule has 0 bridgehead atoms. The van der Waals surface area contributed by atoms with Crippen molar-refractivity contribution in [3.05, 3.63) is 53.1 Å². The lowest BCUT2D eigenvalue weighted by Crippen LogP contribution is -2.25. The van der Waals surface area contributed by atoms with E-state index in [1.165, 1.54) is 24.3 Å². The van der Waals surface area contributed by atoms with E-state index in [1.54, 1.807) is 13.0 Å². The van der Waals surface area contributed by atoms with Gasteiger partial charge in [0.2, 0.25) is 5.91 Å². The first-order valence-corrected chi connectivity index (χ1v) is 8.21. The van der Waals surface area contributed by atoms with Crippen molar-refractivity contribution in [1.29, 1.82) is 0 Å². The van der Waals surface area contributed by atoms with Gasteiger partial charge in [0.25, 0.3) is 5.91 Å². The largest absolute Gasteiger partial charge is 0.508 e. The maximum absolute atomic E-state index is 12.0. The molecule has 142 valence electrons. The third-order valence-electron chi connectivity index (χ3n) is 3.79. The average molecular weight is 372 g/mol. The summed E-state index contributed by atoms with van der Waals surface area (Å²) in [6.45, 7) is 1.98. The molecular formula is C19H20N2O6. The molecule has 0 aliphatic heterocycles. The summed E-state index contributed by atoms with van der Waals surface area (Å²) < 4.78 is 0. The number of carbonyl (C=O) groups is 3. The van der Waals surface area contributed by atoms with Crippen LogP contribution in [0, 0.1) is 6.92 Å². The van der Waals surface area contributed by atoms with Gasteiger partial charge in [0.15, 0.2) is 0 Å². The van der Waals surface area contributed by atoms with Gasteiger partial charge in [-0.2, -0.15) is 0 Å². The smallest absolute Gasteiger partial charge is 0.335 e. The number of carboxylic acid groups (broad SMARTS) is 1. The van der Waals surface area contributed by atoms with Gasteiger partial charge < -0.3 is 26.0 Å². The van der Waals surface area contributed by atoms with E-state index in [9.17, 15) is 24.6 Å². The first-order valence-electron chi connectivity index (χ1n) is 8.21. The van der Waals surface area contributed by atoms with E-state index in [0.29, 0.717) is 12.1 Å². The molecule has 2 aromatic carbocycles. The molecule has 0 spiro atoms. The van der Waals surface area contributed by atoms with Crippen molar-refractivity contribution in [3.8, 4) is 11.5 Å². The minimum Gasteiger partial charge on any atom is -0.508 e. The summed E-state index contributed by atoms with van der Waals surface area (Å²) >= 11 is 0. The molecular weight excluding hydrogens is 352 g/mol. The maximum Gasteiger partial charge on any atom is 0.335 e. The van der Waals surface area contributed by atoms with Crippen LogP contribution in [0.25, 0.3) is 0 Å². The first-order chi connectivity index (χ1) is 12.8. The molecule has 2 amide bonds. The lowest BCUT2D eigenvalue weighted by atomic mass is 10.1. The van der Waals surface area contributed by atoms with E-state index >= 15 is 0 Å². The van der Waals surface area contributed by atoms with Crippen LogP contribution in [0.1, 0.15) is 39.1 Å². The fourth-order valence-corrected chi connectivity index (χ4v) is 2.38. The van der Waals surface area contributed by atoms with Crippen molar-refractivity contribution in [2.45, 2.75) is 19.8 Å². The van der Waals surface area contributed by atoms with Gasteiger partial charge in [0, 0.05) is 30.3 Å². The SMILES string of the molecule is Cc1ccc(C(=O)O)cc1NC(=O)CCCNC(=O)c1cc(O)cc(O)c1. The van der Waals surface area contributed by atoms with Gasteiger partial charge in [-0.05, 0) is 43.2 Å². The minimum atomic E-state index is -1.08. The second kappa shape index (κ2) is 8.70. The first kappa shape index (κ1) is 19.8. The highest BCUT2D eigenvalue weighted by Crippen LogP contribution is 2.20. The molecule has 2 rings (SSSR count). The topological polar surface area (TPSA) is 136 Å². The number of aromatic carboxylic acids is 1. The summed E-state index contributed by atoms with van der Waals surface area (Å²) in [5.41, 5.74) is 1.36. The van der Waals surface area contributed by atoms with Gasteiger partial charge in [-0.1, -0.05) is 6.07 Å². The Morgan fingerprint density at radius 2 is 1.63 bits per heavy atom. The molecule has 0 saturated carbocycles. The van der Waals surface area contributed by atoms with Crippen LogP contribution in [-0.2, 0) is 4.79 Å². The Morgan fingerprint density at radius 1 is 0.963 bits per heavy atom. The molecule has 0 heterocycles. The molecule has 0 fully saturated rings. The summed E-state index contributed by atoms with van der Waals surface area (Å²) in [6, 6.07) is 8.03. The fourth-order valence-electron chi connectivity index (χ4n) is 2.38. The molecule has 0 radical (unpaired) electrons. The molecule has 8 nitrogen and oxygen atoms in total. The fraction of sp³-hybridized carbons (Fsp3) is 0.211. The van der Waals surface area contributed by atoms with Crippen molar-refractivity contribution in [1.82, 2.24) is 5.32 Å². The van der Waals surface area contributed by atoms with Crippen molar-refractivity contribution < 1.29 is 29.7 Å². The number of phenols is 2. The van der Waals surface area contributed by atoms with Crippen molar-refractivity contribution in [2.24, 2.45) is 0 Å². The zero-order valence-electron chi connectivity index (χ0n) is 14.7. The van der Waals surface area contributed by atoms with Gasteiger partial charge in [-0.3, -0.25) is 9.59 Å². The Morgan fingerprint density at radius 3 is 2.26 bits per heavy atom. The highest BCUT2D eigenvalue weighted by Gasteiger charge is 2.11. The van der Waals surface area contributed by atoms with E-state index in [0.717, 1.165) is 11.6 Å². The summed E-state index contributed by atoms with van der Waals surface area (Å²) in [7, 11) is 0.